The Balaban J connectivity index is 1.54. The summed E-state index contributed by atoms with van der Waals surface area (Å²) in [7, 11) is 0. The minimum Gasteiger partial charge on any atom is -0.389 e. The minimum absolute atomic E-state index is 0.196. The molecule has 2 fully saturated rings. The van der Waals surface area contributed by atoms with E-state index in [4.69, 9.17) is 4.74 Å². The maximum Gasteiger partial charge on any atom is 0.227 e. The van der Waals surface area contributed by atoms with Gasteiger partial charge in [-0.2, -0.15) is 4.98 Å². The SMILES string of the molecule is Cc1cc(CNc2cc([C@@H]3CCOC3)nc(N3CC(O)C3)n2)ccc1F. The van der Waals surface area contributed by atoms with Crippen LogP contribution in [0.2, 0.25) is 0 Å². The first-order chi connectivity index (χ1) is 12.6. The van der Waals surface area contributed by atoms with Gasteiger partial charge in [-0.25, -0.2) is 9.37 Å². The highest BCUT2D eigenvalue weighted by Gasteiger charge is 2.28. The first kappa shape index (κ1) is 17.2. The van der Waals surface area contributed by atoms with Crippen molar-refractivity contribution in [2.75, 3.05) is 36.5 Å². The fourth-order valence-corrected chi connectivity index (χ4v) is 3.29. The predicted molar refractivity (Wildman–Crippen MR) is 96.9 cm³/mol. The highest BCUT2D eigenvalue weighted by molar-refractivity contribution is 5.47. The highest BCUT2D eigenvalue weighted by atomic mass is 19.1. The van der Waals surface area contributed by atoms with E-state index in [0.717, 1.165) is 30.1 Å². The molecule has 2 N–H and O–H groups in total. The van der Waals surface area contributed by atoms with Crippen LogP contribution in [-0.4, -0.2) is 47.5 Å². The van der Waals surface area contributed by atoms with Crippen LogP contribution in [0.15, 0.2) is 24.3 Å². The molecule has 1 aromatic heterocycles. The summed E-state index contributed by atoms with van der Waals surface area (Å²) in [5, 5.41) is 12.9. The van der Waals surface area contributed by atoms with Crippen molar-refractivity contribution >= 4 is 11.8 Å². The summed E-state index contributed by atoms with van der Waals surface area (Å²) >= 11 is 0. The third kappa shape index (κ3) is 3.64. The second-order valence-electron chi connectivity index (χ2n) is 7.03. The summed E-state index contributed by atoms with van der Waals surface area (Å²) in [6.07, 6.45) is 0.644. The number of hydrogen-bond acceptors (Lipinski definition) is 6. The number of anilines is 2. The van der Waals surface area contributed by atoms with E-state index >= 15 is 0 Å². The van der Waals surface area contributed by atoms with Crippen LogP contribution in [-0.2, 0) is 11.3 Å². The van der Waals surface area contributed by atoms with Gasteiger partial charge in [0.1, 0.15) is 11.6 Å². The van der Waals surface area contributed by atoms with Gasteiger partial charge < -0.3 is 20.1 Å². The zero-order chi connectivity index (χ0) is 18.1. The van der Waals surface area contributed by atoms with E-state index in [1.165, 1.54) is 6.07 Å². The highest BCUT2D eigenvalue weighted by Crippen LogP contribution is 2.28. The Labute approximate surface area is 152 Å². The summed E-state index contributed by atoms with van der Waals surface area (Å²) in [5.41, 5.74) is 2.59. The number of nitrogens with one attached hydrogen (secondary N) is 1. The molecule has 4 rings (SSSR count). The Morgan fingerprint density at radius 2 is 2.15 bits per heavy atom. The first-order valence-corrected chi connectivity index (χ1v) is 8.97. The van der Waals surface area contributed by atoms with Gasteiger partial charge in [-0.1, -0.05) is 12.1 Å². The number of aryl methyl sites for hydroxylation is 1. The molecule has 0 radical (unpaired) electrons. The second kappa shape index (κ2) is 7.17. The van der Waals surface area contributed by atoms with Crippen LogP contribution in [0.25, 0.3) is 0 Å². The molecule has 0 saturated carbocycles. The zero-order valence-electron chi connectivity index (χ0n) is 14.8. The average molecular weight is 358 g/mol. The normalized spacial score (nSPS) is 20.3. The quantitative estimate of drug-likeness (QED) is 0.854. The number of benzene rings is 1. The van der Waals surface area contributed by atoms with E-state index in [1.807, 2.05) is 17.0 Å². The van der Waals surface area contributed by atoms with Crippen molar-refractivity contribution in [1.82, 2.24) is 9.97 Å². The van der Waals surface area contributed by atoms with Crippen LogP contribution in [0.4, 0.5) is 16.2 Å². The van der Waals surface area contributed by atoms with Crippen LogP contribution >= 0.6 is 0 Å². The maximum atomic E-state index is 13.4. The van der Waals surface area contributed by atoms with Crippen molar-refractivity contribution in [3.05, 3.63) is 46.9 Å². The number of rotatable bonds is 5. The van der Waals surface area contributed by atoms with E-state index in [-0.39, 0.29) is 17.8 Å². The van der Waals surface area contributed by atoms with Crippen molar-refractivity contribution in [2.24, 2.45) is 0 Å². The molecule has 2 aliphatic heterocycles. The molecule has 1 aromatic carbocycles. The lowest BCUT2D eigenvalue weighted by Crippen LogP contribution is -2.51. The number of ether oxygens (including phenoxy) is 1. The van der Waals surface area contributed by atoms with Crippen LogP contribution < -0.4 is 10.2 Å². The molecule has 1 atom stereocenters. The smallest absolute Gasteiger partial charge is 0.227 e. The summed E-state index contributed by atoms with van der Waals surface area (Å²) in [5.74, 6) is 1.45. The van der Waals surface area contributed by atoms with Crippen LogP contribution in [0, 0.1) is 12.7 Å². The van der Waals surface area contributed by atoms with Gasteiger partial charge in [-0.3, -0.25) is 0 Å². The number of β-amino-alcohol motifs (C(OH)–C–C–N with tert-alkyl or cyclic N) is 1. The molecule has 2 aromatic rings. The van der Waals surface area contributed by atoms with Gasteiger partial charge in [0.2, 0.25) is 5.95 Å². The Morgan fingerprint density at radius 3 is 2.85 bits per heavy atom. The Kier molecular flexibility index (Phi) is 4.74. The van der Waals surface area contributed by atoms with Gasteiger partial charge in [-0.05, 0) is 30.5 Å². The third-order valence-electron chi connectivity index (χ3n) is 4.92. The Bertz CT molecular complexity index is 789. The molecule has 0 bridgehead atoms. The number of aliphatic hydroxyl groups excluding tert-OH is 1. The summed E-state index contributed by atoms with van der Waals surface area (Å²) in [4.78, 5) is 11.3. The van der Waals surface area contributed by atoms with Gasteiger partial charge in [0.05, 0.1) is 18.4 Å². The minimum atomic E-state index is -0.310. The van der Waals surface area contributed by atoms with E-state index in [1.54, 1.807) is 13.0 Å². The molecule has 0 aliphatic carbocycles. The fraction of sp³-hybridized carbons (Fsp3) is 0.474. The van der Waals surface area contributed by atoms with E-state index in [2.05, 4.69) is 15.3 Å². The second-order valence-corrected chi connectivity index (χ2v) is 7.03. The Morgan fingerprint density at radius 1 is 1.31 bits per heavy atom. The number of halogens is 1. The number of hydrogen-bond donors (Lipinski definition) is 2. The molecule has 2 aliphatic rings. The van der Waals surface area contributed by atoms with Crippen molar-refractivity contribution in [2.45, 2.75) is 31.9 Å². The molecule has 3 heterocycles. The van der Waals surface area contributed by atoms with Crippen LogP contribution in [0.5, 0.6) is 0 Å². The first-order valence-electron chi connectivity index (χ1n) is 8.97. The lowest BCUT2D eigenvalue weighted by molar-refractivity contribution is 0.140. The lowest BCUT2D eigenvalue weighted by atomic mass is 10.0. The molecule has 2 saturated heterocycles. The van der Waals surface area contributed by atoms with E-state index < -0.39 is 0 Å². The standard InChI is InChI=1S/C19H23FN4O2/c1-12-6-13(2-3-16(12)20)8-21-18-7-17(14-4-5-26-11-14)22-19(23-18)24-9-15(25)10-24/h2-3,6-7,14-15,25H,4-5,8-11H2,1H3,(H,21,22,23)/t14-/m1/s1. The zero-order valence-corrected chi connectivity index (χ0v) is 14.8. The summed E-state index contributed by atoms with van der Waals surface area (Å²) in [6, 6.07) is 7.06. The summed E-state index contributed by atoms with van der Waals surface area (Å²) < 4.78 is 18.9. The molecular weight excluding hydrogens is 335 g/mol. The number of aliphatic hydroxyl groups is 1. The van der Waals surface area contributed by atoms with E-state index in [0.29, 0.717) is 37.8 Å². The predicted octanol–water partition coefficient (Wildman–Crippen LogP) is 2.22. The monoisotopic (exact) mass is 358 g/mol. The van der Waals surface area contributed by atoms with Crippen molar-refractivity contribution in [1.29, 1.82) is 0 Å². The van der Waals surface area contributed by atoms with Crippen molar-refractivity contribution in [3.63, 3.8) is 0 Å². The van der Waals surface area contributed by atoms with Gasteiger partial charge in [-0.15, -0.1) is 0 Å². The maximum absolute atomic E-state index is 13.4. The van der Waals surface area contributed by atoms with Gasteiger partial charge >= 0.3 is 0 Å². The van der Waals surface area contributed by atoms with Crippen molar-refractivity contribution < 1.29 is 14.2 Å². The molecule has 0 spiro atoms. The number of nitrogens with zero attached hydrogens (tertiary/aromatic N) is 3. The van der Waals surface area contributed by atoms with E-state index in [9.17, 15) is 9.50 Å². The average Bonchev–Trinajstić information content (AvgIpc) is 3.14. The molecule has 6 nitrogen and oxygen atoms in total. The largest absolute Gasteiger partial charge is 0.389 e. The van der Waals surface area contributed by atoms with Gasteiger partial charge in [0, 0.05) is 38.2 Å². The molecular formula is C19H23FN4O2. The van der Waals surface area contributed by atoms with Gasteiger partial charge in [0.15, 0.2) is 0 Å². The molecule has 0 unspecified atom stereocenters. The van der Waals surface area contributed by atoms with Crippen LogP contribution in [0.1, 0.15) is 29.2 Å². The topological polar surface area (TPSA) is 70.5 Å². The van der Waals surface area contributed by atoms with Gasteiger partial charge in [0.25, 0.3) is 0 Å². The Hall–Kier alpha value is -2.25. The number of aromatic nitrogens is 2. The lowest BCUT2D eigenvalue weighted by Gasteiger charge is -2.36. The molecule has 0 amide bonds. The molecule has 26 heavy (non-hydrogen) atoms. The fourth-order valence-electron chi connectivity index (χ4n) is 3.29. The third-order valence-corrected chi connectivity index (χ3v) is 4.92. The van der Waals surface area contributed by atoms with Crippen molar-refractivity contribution in [3.8, 4) is 0 Å². The molecule has 138 valence electrons. The summed E-state index contributed by atoms with van der Waals surface area (Å²) in [6.45, 7) is 4.86. The molecule has 7 heteroatoms. The van der Waals surface area contributed by atoms with Crippen LogP contribution in [0.3, 0.4) is 0 Å².